The van der Waals surface area contributed by atoms with Gasteiger partial charge in [0.2, 0.25) is 0 Å². The highest BCUT2D eigenvalue weighted by Gasteiger charge is 2.09. The Kier molecular flexibility index (Phi) is 5.64. The molecule has 0 aliphatic carbocycles. The third kappa shape index (κ3) is 4.13. The van der Waals surface area contributed by atoms with E-state index >= 15 is 0 Å². The van der Waals surface area contributed by atoms with Gasteiger partial charge in [-0.1, -0.05) is 43.5 Å². The van der Waals surface area contributed by atoms with Gasteiger partial charge in [-0.05, 0) is 24.6 Å². The Morgan fingerprint density at radius 1 is 1.47 bits per heavy atom. The van der Waals surface area contributed by atoms with E-state index in [1.165, 1.54) is 0 Å². The van der Waals surface area contributed by atoms with Crippen LogP contribution in [0.5, 0.6) is 0 Å². The van der Waals surface area contributed by atoms with Gasteiger partial charge in [0.1, 0.15) is 0 Å². The monoisotopic (exact) mass is 353 g/mol. The Labute approximate surface area is 111 Å². The largest absolute Gasteiger partial charge is 0.352 e. The highest BCUT2D eigenvalue weighted by atomic mass is 79.9. The maximum Gasteiger partial charge on any atom is 0.252 e. The Morgan fingerprint density at radius 2 is 2.20 bits per heavy atom. The molecule has 0 aliphatic rings. The van der Waals surface area contributed by atoms with E-state index in [0.29, 0.717) is 17.1 Å². The van der Waals surface area contributed by atoms with Crippen LogP contribution < -0.4 is 5.32 Å². The summed E-state index contributed by atoms with van der Waals surface area (Å²) >= 11 is 12.5. The lowest BCUT2D eigenvalue weighted by molar-refractivity contribution is 0.0954. The number of nitrogens with one attached hydrogen (secondary N) is 1. The molecule has 5 heteroatoms. The molecule has 1 rings (SSSR count). The molecule has 1 N–H and O–H groups in total. The molecule has 0 unspecified atom stereocenters. The van der Waals surface area contributed by atoms with Crippen molar-refractivity contribution in [3.8, 4) is 0 Å². The Balaban J connectivity index is 2.65. The standard InChI is InChI=1S/C10H10Br2ClNO/c11-4-1-5-14-10(15)8-3-2-7(12)6-9(8)13/h2-3,6H,1,4-5H2,(H,14,15). The molecule has 82 valence electrons. The summed E-state index contributed by atoms with van der Waals surface area (Å²) in [5.41, 5.74) is 0.509. The van der Waals surface area contributed by atoms with Crippen molar-refractivity contribution >= 4 is 49.4 Å². The van der Waals surface area contributed by atoms with Gasteiger partial charge in [0.25, 0.3) is 5.91 Å². The molecule has 0 spiro atoms. The molecule has 0 radical (unpaired) electrons. The lowest BCUT2D eigenvalue weighted by Gasteiger charge is -2.05. The minimum atomic E-state index is -0.131. The second-order valence-electron chi connectivity index (χ2n) is 2.92. The van der Waals surface area contributed by atoms with Crippen LogP contribution in [0, 0.1) is 0 Å². The van der Waals surface area contributed by atoms with Crippen molar-refractivity contribution in [1.82, 2.24) is 5.32 Å². The van der Waals surface area contributed by atoms with E-state index in [2.05, 4.69) is 37.2 Å². The molecule has 0 saturated heterocycles. The Hall–Kier alpha value is -0.0600. The molecule has 0 heterocycles. The molecule has 2 nitrogen and oxygen atoms in total. The van der Waals surface area contributed by atoms with Gasteiger partial charge in [-0.3, -0.25) is 4.79 Å². The van der Waals surface area contributed by atoms with Crippen molar-refractivity contribution in [3.05, 3.63) is 33.3 Å². The zero-order valence-corrected chi connectivity index (χ0v) is 11.8. The van der Waals surface area contributed by atoms with Crippen LogP contribution in [0.3, 0.4) is 0 Å². The molecule has 0 saturated carbocycles. The first-order chi connectivity index (χ1) is 7.15. The van der Waals surface area contributed by atoms with E-state index in [1.807, 2.05) is 0 Å². The van der Waals surface area contributed by atoms with E-state index in [4.69, 9.17) is 11.6 Å². The fourth-order valence-corrected chi connectivity index (χ4v) is 2.08. The quantitative estimate of drug-likeness (QED) is 0.649. The lowest BCUT2D eigenvalue weighted by atomic mass is 10.2. The average Bonchev–Trinajstić information content (AvgIpc) is 2.17. The van der Waals surface area contributed by atoms with Gasteiger partial charge < -0.3 is 5.32 Å². The van der Waals surface area contributed by atoms with Crippen molar-refractivity contribution in [2.45, 2.75) is 6.42 Å². The van der Waals surface area contributed by atoms with Crippen molar-refractivity contribution < 1.29 is 4.79 Å². The molecule has 0 aromatic heterocycles. The summed E-state index contributed by atoms with van der Waals surface area (Å²) in [7, 11) is 0. The van der Waals surface area contributed by atoms with Crippen molar-refractivity contribution in [3.63, 3.8) is 0 Å². The first-order valence-corrected chi connectivity index (χ1v) is 6.73. The number of amides is 1. The Bertz CT molecular complexity index is 357. The number of halogens is 3. The molecule has 1 amide bonds. The predicted molar refractivity (Wildman–Crippen MR) is 69.9 cm³/mol. The third-order valence-electron chi connectivity index (χ3n) is 1.77. The number of benzene rings is 1. The number of hydrogen-bond acceptors (Lipinski definition) is 1. The van der Waals surface area contributed by atoms with Crippen LogP contribution in [0.15, 0.2) is 22.7 Å². The van der Waals surface area contributed by atoms with Gasteiger partial charge in [-0.2, -0.15) is 0 Å². The van der Waals surface area contributed by atoms with Crippen LogP contribution in [0.1, 0.15) is 16.8 Å². The van der Waals surface area contributed by atoms with Gasteiger partial charge in [0, 0.05) is 16.3 Å². The highest BCUT2D eigenvalue weighted by molar-refractivity contribution is 9.10. The zero-order chi connectivity index (χ0) is 11.3. The molecule has 1 aromatic carbocycles. The second-order valence-corrected chi connectivity index (χ2v) is 5.04. The van der Waals surface area contributed by atoms with Crippen LogP contribution in [0.25, 0.3) is 0 Å². The number of carbonyl (C=O) groups is 1. The zero-order valence-electron chi connectivity index (χ0n) is 7.90. The van der Waals surface area contributed by atoms with Gasteiger partial charge in [0.15, 0.2) is 0 Å². The number of rotatable bonds is 4. The summed E-state index contributed by atoms with van der Waals surface area (Å²) in [6.45, 7) is 0.649. The van der Waals surface area contributed by atoms with Crippen LogP contribution in [0.4, 0.5) is 0 Å². The molecule has 0 fully saturated rings. The second kappa shape index (κ2) is 6.51. The number of alkyl halides is 1. The fourth-order valence-electron chi connectivity index (χ4n) is 1.04. The summed E-state index contributed by atoms with van der Waals surface area (Å²) in [6.07, 6.45) is 0.903. The topological polar surface area (TPSA) is 29.1 Å². The maximum absolute atomic E-state index is 11.6. The molecule has 1 aromatic rings. The maximum atomic E-state index is 11.6. The van der Waals surface area contributed by atoms with Crippen molar-refractivity contribution in [2.75, 3.05) is 11.9 Å². The van der Waals surface area contributed by atoms with Crippen molar-refractivity contribution in [2.24, 2.45) is 0 Å². The lowest BCUT2D eigenvalue weighted by Crippen LogP contribution is -2.24. The summed E-state index contributed by atoms with van der Waals surface area (Å²) < 4.78 is 0.865. The molecule has 0 bridgehead atoms. The van der Waals surface area contributed by atoms with E-state index in [0.717, 1.165) is 16.2 Å². The average molecular weight is 355 g/mol. The van der Waals surface area contributed by atoms with Gasteiger partial charge in [0.05, 0.1) is 10.6 Å². The SMILES string of the molecule is O=C(NCCCBr)c1ccc(Br)cc1Cl. The summed E-state index contributed by atoms with van der Waals surface area (Å²) in [4.78, 5) is 11.6. The minimum absolute atomic E-state index is 0.131. The number of hydrogen-bond donors (Lipinski definition) is 1. The number of carbonyl (C=O) groups excluding carboxylic acids is 1. The molecular weight excluding hydrogens is 345 g/mol. The highest BCUT2D eigenvalue weighted by Crippen LogP contribution is 2.21. The van der Waals surface area contributed by atoms with Gasteiger partial charge in [-0.15, -0.1) is 0 Å². The van der Waals surface area contributed by atoms with Crippen LogP contribution in [-0.4, -0.2) is 17.8 Å². The van der Waals surface area contributed by atoms with Gasteiger partial charge in [-0.25, -0.2) is 0 Å². The fraction of sp³-hybridized carbons (Fsp3) is 0.300. The minimum Gasteiger partial charge on any atom is -0.352 e. The molecule has 0 atom stereocenters. The summed E-state index contributed by atoms with van der Waals surface area (Å²) in [6, 6.07) is 5.21. The van der Waals surface area contributed by atoms with Gasteiger partial charge >= 0.3 is 0 Å². The van der Waals surface area contributed by atoms with Crippen molar-refractivity contribution in [1.29, 1.82) is 0 Å². The van der Waals surface area contributed by atoms with E-state index in [-0.39, 0.29) is 5.91 Å². The van der Waals surface area contributed by atoms with E-state index < -0.39 is 0 Å². The first kappa shape index (κ1) is 13.0. The van der Waals surface area contributed by atoms with Crippen LogP contribution in [0.2, 0.25) is 5.02 Å². The van der Waals surface area contributed by atoms with E-state index in [9.17, 15) is 4.79 Å². The summed E-state index contributed by atoms with van der Waals surface area (Å²) in [5.74, 6) is -0.131. The Morgan fingerprint density at radius 3 is 2.80 bits per heavy atom. The van der Waals surface area contributed by atoms with E-state index in [1.54, 1.807) is 18.2 Å². The first-order valence-electron chi connectivity index (χ1n) is 4.44. The normalized spacial score (nSPS) is 10.1. The van der Waals surface area contributed by atoms with Crippen LogP contribution >= 0.6 is 43.5 Å². The summed E-state index contributed by atoms with van der Waals surface area (Å²) in [5, 5.41) is 4.13. The predicted octanol–water partition coefficient (Wildman–Crippen LogP) is 3.62. The molecule has 15 heavy (non-hydrogen) atoms. The molecular formula is C10H10Br2ClNO. The third-order valence-corrected chi connectivity index (χ3v) is 3.14. The smallest absolute Gasteiger partial charge is 0.252 e. The molecule has 0 aliphatic heterocycles. The van der Waals surface area contributed by atoms with Crippen LogP contribution in [-0.2, 0) is 0 Å².